The van der Waals surface area contributed by atoms with E-state index in [2.05, 4.69) is 114 Å². The molecule has 1 N–H and O–H groups in total. The lowest BCUT2D eigenvalue weighted by Gasteiger charge is -2.13. The molecule has 0 aliphatic rings. The second-order valence-corrected chi connectivity index (χ2v) is 8.78. The summed E-state index contributed by atoms with van der Waals surface area (Å²) in [6.45, 7) is 2.18. The van der Waals surface area contributed by atoms with E-state index in [0.717, 1.165) is 0 Å². The van der Waals surface area contributed by atoms with Gasteiger partial charge in [-0.3, -0.25) is 0 Å². The molecule has 0 saturated carbocycles. The van der Waals surface area contributed by atoms with Crippen molar-refractivity contribution in [1.29, 1.82) is 0 Å². The summed E-state index contributed by atoms with van der Waals surface area (Å²) in [6.07, 6.45) is -2.08. The first-order valence-electron chi connectivity index (χ1n) is 11.4. The zero-order valence-electron chi connectivity index (χ0n) is 19.0. The Balaban J connectivity index is 0.000000534. The van der Waals surface area contributed by atoms with Crippen molar-refractivity contribution >= 4 is 55.0 Å². The predicted octanol–water partition coefficient (Wildman–Crippen LogP) is 6.34. The number of benzene rings is 4. The molecule has 0 aliphatic carbocycles. The molecule has 4 heteroatoms. The number of pyridine rings is 3. The summed E-state index contributed by atoms with van der Waals surface area (Å²) in [5.41, 5.74) is 7.63. The number of hydrogen-bond acceptors (Lipinski definition) is 2. The lowest BCUT2D eigenvalue weighted by atomic mass is 9.94. The molecule has 0 unspecified atom stereocenters. The van der Waals surface area contributed by atoms with Gasteiger partial charge in [-0.1, -0.05) is 72.3 Å². The fourth-order valence-corrected chi connectivity index (χ4v) is 5.29. The topological polar surface area (TPSA) is 64.5 Å². The molecule has 0 atom stereocenters. The van der Waals surface area contributed by atoms with Crippen LogP contribution >= 0.6 is 0 Å². The molecular weight excluding hydrogens is 434 g/mol. The standard InChI is InChI=1S/C30H20N.CH2O3/c1-19-14-15-24-27(16-19)26-13-7-12-25-22-10-5-6-11-23(22)28-17-21(20-8-3-2-4-9-20)18-29(24)31(28)30(25)26;2-1(3)4/h2-18H,1H3;(H2,2,3,4)/q+1;/p-1. The van der Waals surface area contributed by atoms with E-state index in [1.54, 1.807) is 0 Å². The summed E-state index contributed by atoms with van der Waals surface area (Å²) < 4.78 is 2.48. The third-order valence-electron chi connectivity index (χ3n) is 6.67. The molecule has 0 bridgehead atoms. The van der Waals surface area contributed by atoms with Crippen molar-refractivity contribution in [3.63, 3.8) is 0 Å². The number of hydrogen-bond donors (Lipinski definition) is 1. The zero-order chi connectivity index (χ0) is 24.1. The van der Waals surface area contributed by atoms with Gasteiger partial charge in [0.1, 0.15) is 0 Å². The Labute approximate surface area is 201 Å². The minimum Gasteiger partial charge on any atom is -0.565 e. The molecule has 0 saturated heterocycles. The molecule has 7 rings (SSSR count). The van der Waals surface area contributed by atoms with Crippen LogP contribution in [0.25, 0.3) is 60.0 Å². The molecule has 168 valence electrons. The van der Waals surface area contributed by atoms with Gasteiger partial charge >= 0.3 is 0 Å². The molecule has 3 aromatic heterocycles. The van der Waals surface area contributed by atoms with Crippen LogP contribution < -0.4 is 9.51 Å². The van der Waals surface area contributed by atoms with E-state index >= 15 is 0 Å². The van der Waals surface area contributed by atoms with Crippen molar-refractivity contribution in [1.82, 2.24) is 0 Å². The van der Waals surface area contributed by atoms with E-state index in [9.17, 15) is 0 Å². The number of carboxylic acid groups (broad SMARTS) is 2. The molecule has 0 amide bonds. The van der Waals surface area contributed by atoms with Gasteiger partial charge in [0.25, 0.3) is 0 Å². The third-order valence-corrected chi connectivity index (χ3v) is 6.67. The fraction of sp³-hybridized carbons (Fsp3) is 0.0323. The normalized spacial score (nSPS) is 11.3. The molecule has 4 nitrogen and oxygen atoms in total. The van der Waals surface area contributed by atoms with Gasteiger partial charge in [-0.15, -0.1) is 0 Å². The molecule has 35 heavy (non-hydrogen) atoms. The van der Waals surface area contributed by atoms with E-state index in [1.807, 2.05) is 0 Å². The lowest BCUT2D eigenvalue weighted by molar-refractivity contribution is -0.448. The summed E-state index contributed by atoms with van der Waals surface area (Å²) in [4.78, 5) is 8.44. The van der Waals surface area contributed by atoms with Gasteiger partial charge in [0.15, 0.2) is 0 Å². The highest BCUT2D eigenvalue weighted by Crippen LogP contribution is 2.37. The Morgan fingerprint density at radius 3 is 1.86 bits per heavy atom. The highest BCUT2D eigenvalue weighted by atomic mass is 16.6. The van der Waals surface area contributed by atoms with E-state index in [4.69, 9.17) is 15.0 Å². The number of rotatable bonds is 1. The third kappa shape index (κ3) is 3.30. The van der Waals surface area contributed by atoms with Gasteiger partial charge in [0.2, 0.25) is 22.7 Å². The zero-order valence-corrected chi connectivity index (χ0v) is 19.0. The molecule has 3 heterocycles. The Morgan fingerprint density at radius 1 is 0.629 bits per heavy atom. The highest BCUT2D eigenvalue weighted by molar-refractivity contribution is 6.21. The molecule has 0 aliphatic heterocycles. The summed E-state index contributed by atoms with van der Waals surface area (Å²) in [7, 11) is 0. The van der Waals surface area contributed by atoms with Crippen molar-refractivity contribution in [2.24, 2.45) is 0 Å². The summed E-state index contributed by atoms with van der Waals surface area (Å²) in [5.74, 6) is 0. The molecule has 0 fully saturated rings. The summed E-state index contributed by atoms with van der Waals surface area (Å²) >= 11 is 0. The first-order chi connectivity index (χ1) is 17.0. The average Bonchev–Trinajstić information content (AvgIpc) is 2.88. The van der Waals surface area contributed by atoms with Crippen molar-refractivity contribution in [2.75, 3.05) is 0 Å². The van der Waals surface area contributed by atoms with Gasteiger partial charge in [0, 0.05) is 22.9 Å². The number of carbonyl (C=O) groups is 1. The van der Waals surface area contributed by atoms with Crippen LogP contribution in [0.5, 0.6) is 0 Å². The van der Waals surface area contributed by atoms with Gasteiger partial charge in [-0.25, -0.2) is 0 Å². The molecule has 7 aromatic rings. The van der Waals surface area contributed by atoms with Crippen LogP contribution in [0.2, 0.25) is 0 Å². The average molecular weight is 456 g/mol. The Kier molecular flexibility index (Phi) is 4.75. The quantitative estimate of drug-likeness (QED) is 0.178. The van der Waals surface area contributed by atoms with E-state index in [0.29, 0.717) is 0 Å². The van der Waals surface area contributed by atoms with Crippen LogP contribution in [-0.2, 0) is 0 Å². The number of aromatic nitrogens is 1. The minimum absolute atomic E-state index is 1.25. The molecule has 0 radical (unpaired) electrons. The second-order valence-electron chi connectivity index (χ2n) is 8.78. The lowest BCUT2D eigenvalue weighted by Crippen LogP contribution is -2.26. The fourth-order valence-electron chi connectivity index (χ4n) is 5.29. The SMILES string of the molecule is Cc1ccc2c(c1)c1cccc3c4ccccc4c4cc(-c5ccccc5)cc2[n+]4c31.O=C([O-])O. The minimum atomic E-state index is -2.08. The van der Waals surface area contributed by atoms with Crippen molar-refractivity contribution in [3.05, 3.63) is 109 Å². The van der Waals surface area contributed by atoms with Crippen LogP contribution in [-0.4, -0.2) is 11.3 Å². The van der Waals surface area contributed by atoms with Gasteiger partial charge in [-0.05, 0) is 42.3 Å². The van der Waals surface area contributed by atoms with Crippen molar-refractivity contribution < 1.29 is 19.4 Å². The van der Waals surface area contributed by atoms with E-state index < -0.39 is 6.16 Å². The van der Waals surface area contributed by atoms with Crippen LogP contribution in [0.15, 0.2) is 103 Å². The van der Waals surface area contributed by atoms with Crippen molar-refractivity contribution in [2.45, 2.75) is 6.92 Å². The van der Waals surface area contributed by atoms with Gasteiger partial charge in [0.05, 0.1) is 21.5 Å². The Hall–Kier alpha value is -4.70. The van der Waals surface area contributed by atoms with Crippen LogP contribution in [0, 0.1) is 6.92 Å². The largest absolute Gasteiger partial charge is 0.565 e. The number of nitrogens with zero attached hydrogens (tertiary/aromatic N) is 1. The maximum Gasteiger partial charge on any atom is 0.249 e. The first kappa shape index (κ1) is 20.9. The maximum absolute atomic E-state index is 8.44. The van der Waals surface area contributed by atoms with Crippen LogP contribution in [0.4, 0.5) is 4.79 Å². The summed E-state index contributed by atoms with van der Waals surface area (Å²) in [5, 5.41) is 23.2. The van der Waals surface area contributed by atoms with Gasteiger partial charge < -0.3 is 15.0 Å². The Bertz CT molecular complexity index is 1890. The highest BCUT2D eigenvalue weighted by Gasteiger charge is 2.25. The monoisotopic (exact) mass is 455 g/mol. The maximum atomic E-state index is 8.44. The van der Waals surface area contributed by atoms with Gasteiger partial charge in [-0.2, -0.15) is 4.40 Å². The second kappa shape index (κ2) is 7.96. The van der Waals surface area contributed by atoms with Crippen LogP contribution in [0.3, 0.4) is 0 Å². The number of para-hydroxylation sites is 1. The van der Waals surface area contributed by atoms with E-state index in [-0.39, 0.29) is 0 Å². The van der Waals surface area contributed by atoms with Crippen LogP contribution in [0.1, 0.15) is 5.56 Å². The predicted molar refractivity (Wildman–Crippen MR) is 139 cm³/mol. The van der Waals surface area contributed by atoms with Crippen molar-refractivity contribution in [3.8, 4) is 11.1 Å². The molecule has 0 spiro atoms. The molecular formula is C31H21NO3. The number of aryl methyl sites for hydroxylation is 1. The smallest absolute Gasteiger partial charge is 0.249 e. The first-order valence-corrected chi connectivity index (χ1v) is 11.4. The Morgan fingerprint density at radius 2 is 1.17 bits per heavy atom. The number of fused-ring (bicyclic) bond motifs is 6. The molecule has 4 aromatic carbocycles. The summed E-state index contributed by atoms with van der Waals surface area (Å²) in [6, 6.07) is 37.8. The van der Waals surface area contributed by atoms with E-state index in [1.165, 1.54) is 65.6 Å².